The smallest absolute Gasteiger partial charge is 0.328 e. The summed E-state index contributed by atoms with van der Waals surface area (Å²) >= 11 is 0. The van der Waals surface area contributed by atoms with Crippen molar-refractivity contribution >= 4 is 11.9 Å². The van der Waals surface area contributed by atoms with Gasteiger partial charge in [-0.05, 0) is 31.4 Å². The zero-order chi connectivity index (χ0) is 14.5. The molecule has 1 aromatic carbocycles. The van der Waals surface area contributed by atoms with Gasteiger partial charge in [0.15, 0.2) is 0 Å². The van der Waals surface area contributed by atoms with Crippen LogP contribution >= 0.6 is 0 Å². The molecule has 21 heavy (non-hydrogen) atoms. The number of hydrogen-bond donors (Lipinski definition) is 1. The predicted octanol–water partition coefficient (Wildman–Crippen LogP) is 2.70. The molecule has 1 saturated heterocycles. The molecule has 0 spiro atoms. The molecule has 0 unspecified atom stereocenters. The van der Waals surface area contributed by atoms with E-state index >= 15 is 0 Å². The topological polar surface area (TPSA) is 63.2 Å². The highest BCUT2D eigenvalue weighted by molar-refractivity contribution is 5.39. The van der Waals surface area contributed by atoms with E-state index in [1.165, 1.54) is 19.3 Å². The predicted molar refractivity (Wildman–Crippen MR) is 82.0 cm³/mol. The van der Waals surface area contributed by atoms with Crippen molar-refractivity contribution in [1.29, 1.82) is 0 Å². The van der Waals surface area contributed by atoms with Crippen molar-refractivity contribution in [3.63, 3.8) is 0 Å². The second-order valence-electron chi connectivity index (χ2n) is 4.95. The molecular formula is C15H19N5O. The number of benzene rings is 1. The van der Waals surface area contributed by atoms with Crippen LogP contribution in [0.1, 0.15) is 19.3 Å². The average Bonchev–Trinajstić information content (AvgIpc) is 2.56. The summed E-state index contributed by atoms with van der Waals surface area (Å²) in [6.07, 6.45) is 3.62. The van der Waals surface area contributed by atoms with Crippen LogP contribution in [0.2, 0.25) is 0 Å². The maximum absolute atomic E-state index is 5.72. The van der Waals surface area contributed by atoms with Crippen LogP contribution in [-0.2, 0) is 0 Å². The normalized spacial score (nSPS) is 14.8. The molecule has 2 heterocycles. The third-order valence-corrected chi connectivity index (χ3v) is 3.42. The number of aromatic nitrogens is 3. The summed E-state index contributed by atoms with van der Waals surface area (Å²) in [6.45, 7) is 1.97. The van der Waals surface area contributed by atoms with Gasteiger partial charge in [-0.25, -0.2) is 0 Å². The first-order valence-electron chi connectivity index (χ1n) is 7.27. The summed E-state index contributed by atoms with van der Waals surface area (Å²) in [5.41, 5.74) is 0. The molecule has 2 aromatic rings. The van der Waals surface area contributed by atoms with Crippen LogP contribution < -0.4 is 15.0 Å². The average molecular weight is 285 g/mol. The molecule has 110 valence electrons. The fourth-order valence-electron chi connectivity index (χ4n) is 2.33. The van der Waals surface area contributed by atoms with Gasteiger partial charge in [0.1, 0.15) is 5.75 Å². The molecule has 6 heteroatoms. The lowest BCUT2D eigenvalue weighted by Gasteiger charge is -2.26. The Bertz CT molecular complexity index is 584. The number of anilines is 2. The van der Waals surface area contributed by atoms with Gasteiger partial charge >= 0.3 is 6.01 Å². The van der Waals surface area contributed by atoms with Crippen LogP contribution in [0.15, 0.2) is 30.3 Å². The number of rotatable bonds is 4. The maximum Gasteiger partial charge on any atom is 0.328 e. The van der Waals surface area contributed by atoms with Crippen molar-refractivity contribution in [1.82, 2.24) is 15.0 Å². The van der Waals surface area contributed by atoms with Crippen LogP contribution in [0.4, 0.5) is 11.9 Å². The van der Waals surface area contributed by atoms with Crippen molar-refractivity contribution in [3.8, 4) is 11.8 Å². The Kier molecular flexibility index (Phi) is 4.14. The molecule has 0 bridgehead atoms. The van der Waals surface area contributed by atoms with E-state index in [0.29, 0.717) is 17.9 Å². The maximum atomic E-state index is 5.72. The third-order valence-electron chi connectivity index (χ3n) is 3.42. The fraction of sp³-hybridized carbons (Fsp3) is 0.400. The molecule has 1 aliphatic rings. The first kappa shape index (κ1) is 13.6. The van der Waals surface area contributed by atoms with Crippen molar-refractivity contribution in [2.45, 2.75) is 19.3 Å². The number of nitrogens with one attached hydrogen (secondary N) is 1. The van der Waals surface area contributed by atoms with Crippen molar-refractivity contribution in [3.05, 3.63) is 30.3 Å². The summed E-state index contributed by atoms with van der Waals surface area (Å²) in [7, 11) is 1.79. The van der Waals surface area contributed by atoms with Gasteiger partial charge in [-0.3, -0.25) is 0 Å². The van der Waals surface area contributed by atoms with Gasteiger partial charge in [0.25, 0.3) is 0 Å². The highest BCUT2D eigenvalue weighted by Crippen LogP contribution is 2.22. The van der Waals surface area contributed by atoms with Crippen LogP contribution in [0.5, 0.6) is 11.8 Å². The highest BCUT2D eigenvalue weighted by Gasteiger charge is 2.16. The first-order valence-corrected chi connectivity index (χ1v) is 7.27. The Balaban J connectivity index is 1.85. The summed E-state index contributed by atoms with van der Waals surface area (Å²) in [5.74, 6) is 1.92. The molecule has 0 aliphatic carbocycles. The first-order chi connectivity index (χ1) is 10.3. The molecule has 6 nitrogen and oxygen atoms in total. The fourth-order valence-corrected chi connectivity index (χ4v) is 2.33. The highest BCUT2D eigenvalue weighted by atomic mass is 16.5. The minimum Gasteiger partial charge on any atom is -0.424 e. The molecule has 0 saturated carbocycles. The Morgan fingerprint density at radius 1 is 1.00 bits per heavy atom. The number of para-hydroxylation sites is 1. The number of piperidine rings is 1. The summed E-state index contributed by atoms with van der Waals surface area (Å²) in [5, 5.41) is 2.96. The molecule has 1 N–H and O–H groups in total. The van der Waals surface area contributed by atoms with Gasteiger partial charge in [-0.15, -0.1) is 0 Å². The zero-order valence-corrected chi connectivity index (χ0v) is 12.1. The van der Waals surface area contributed by atoms with Gasteiger partial charge < -0.3 is 15.0 Å². The minimum atomic E-state index is 0.320. The SMILES string of the molecule is CNc1nc(Oc2ccccc2)nc(N2CCCCC2)n1. The molecule has 1 aromatic heterocycles. The van der Waals surface area contributed by atoms with Crippen molar-refractivity contribution in [2.75, 3.05) is 30.4 Å². The second kappa shape index (κ2) is 6.39. The molecule has 0 radical (unpaired) electrons. The summed E-state index contributed by atoms with van der Waals surface area (Å²) < 4.78 is 5.72. The lowest BCUT2D eigenvalue weighted by Crippen LogP contribution is -2.31. The molecular weight excluding hydrogens is 266 g/mol. The molecule has 1 aliphatic heterocycles. The Labute approximate surface area is 124 Å². The molecule has 0 amide bonds. The quantitative estimate of drug-likeness (QED) is 0.932. The van der Waals surface area contributed by atoms with Crippen molar-refractivity contribution < 1.29 is 4.74 Å². The number of nitrogens with zero attached hydrogens (tertiary/aromatic N) is 4. The largest absolute Gasteiger partial charge is 0.424 e. The molecule has 0 atom stereocenters. The zero-order valence-electron chi connectivity index (χ0n) is 12.1. The minimum absolute atomic E-state index is 0.320. The van der Waals surface area contributed by atoms with E-state index in [9.17, 15) is 0 Å². The number of hydrogen-bond acceptors (Lipinski definition) is 6. The second-order valence-corrected chi connectivity index (χ2v) is 4.95. The van der Waals surface area contributed by atoms with Crippen LogP contribution in [0, 0.1) is 0 Å². The lowest BCUT2D eigenvalue weighted by molar-refractivity contribution is 0.438. The van der Waals surface area contributed by atoms with Gasteiger partial charge in [-0.1, -0.05) is 18.2 Å². The van der Waals surface area contributed by atoms with E-state index in [-0.39, 0.29) is 0 Å². The van der Waals surface area contributed by atoms with E-state index in [1.54, 1.807) is 7.05 Å². The molecule has 1 fully saturated rings. The van der Waals surface area contributed by atoms with E-state index in [0.717, 1.165) is 18.8 Å². The Hall–Kier alpha value is -2.37. The summed E-state index contributed by atoms with van der Waals surface area (Å²) in [6, 6.07) is 9.86. The van der Waals surface area contributed by atoms with Gasteiger partial charge in [-0.2, -0.15) is 15.0 Å². The van der Waals surface area contributed by atoms with E-state index < -0.39 is 0 Å². The van der Waals surface area contributed by atoms with Crippen molar-refractivity contribution in [2.24, 2.45) is 0 Å². The van der Waals surface area contributed by atoms with E-state index in [1.807, 2.05) is 30.3 Å². The van der Waals surface area contributed by atoms with Gasteiger partial charge in [0.05, 0.1) is 0 Å². The van der Waals surface area contributed by atoms with Gasteiger partial charge in [0, 0.05) is 20.1 Å². The Morgan fingerprint density at radius 3 is 2.48 bits per heavy atom. The lowest BCUT2D eigenvalue weighted by atomic mass is 10.1. The molecule has 3 rings (SSSR count). The van der Waals surface area contributed by atoms with E-state index in [4.69, 9.17) is 4.74 Å². The van der Waals surface area contributed by atoms with Gasteiger partial charge in [0.2, 0.25) is 11.9 Å². The van der Waals surface area contributed by atoms with Crippen LogP contribution in [0.25, 0.3) is 0 Å². The Morgan fingerprint density at radius 2 is 1.76 bits per heavy atom. The third kappa shape index (κ3) is 3.39. The number of ether oxygens (including phenoxy) is 1. The monoisotopic (exact) mass is 285 g/mol. The van der Waals surface area contributed by atoms with Crippen LogP contribution in [0.3, 0.4) is 0 Å². The van der Waals surface area contributed by atoms with Crippen LogP contribution in [-0.4, -0.2) is 35.1 Å². The van der Waals surface area contributed by atoms with E-state index in [2.05, 4.69) is 25.2 Å². The standard InChI is InChI=1S/C15H19N5O/c1-16-13-17-14(20-10-6-3-7-11-20)19-15(18-13)21-12-8-4-2-5-9-12/h2,4-5,8-9H,3,6-7,10-11H2,1H3,(H,16,17,18,19). The summed E-state index contributed by atoms with van der Waals surface area (Å²) in [4.78, 5) is 15.3.